The summed E-state index contributed by atoms with van der Waals surface area (Å²) in [7, 11) is 0. The van der Waals surface area contributed by atoms with Crippen LogP contribution in [0.15, 0.2) is 18.5 Å². The van der Waals surface area contributed by atoms with Crippen molar-refractivity contribution >= 4 is 16.9 Å². The van der Waals surface area contributed by atoms with Crippen LogP contribution in [0.4, 0.5) is 4.39 Å². The van der Waals surface area contributed by atoms with Gasteiger partial charge in [-0.2, -0.15) is 0 Å². The molecule has 1 aromatic carbocycles. The van der Waals surface area contributed by atoms with E-state index in [-0.39, 0.29) is 12.0 Å². The molecule has 0 aliphatic carbocycles. The third kappa shape index (κ3) is 2.49. The Bertz CT molecular complexity index is 752. The molecular formula is C16H18FN3O3. The van der Waals surface area contributed by atoms with Crippen molar-refractivity contribution < 1.29 is 18.7 Å². The van der Waals surface area contributed by atoms with Crippen LogP contribution in [0.1, 0.15) is 30.1 Å². The smallest absolute Gasteiger partial charge is 0.256 e. The molecule has 0 unspecified atom stereocenters. The van der Waals surface area contributed by atoms with Gasteiger partial charge in [-0.3, -0.25) is 4.79 Å². The first-order valence-corrected chi connectivity index (χ1v) is 7.80. The number of rotatable bonds is 1. The molecule has 2 aliphatic rings. The number of piperidine rings is 1. The molecule has 0 radical (unpaired) electrons. The van der Waals surface area contributed by atoms with Crippen molar-refractivity contribution in [2.24, 2.45) is 0 Å². The van der Waals surface area contributed by atoms with E-state index in [1.807, 2.05) is 6.92 Å². The maximum absolute atomic E-state index is 13.7. The third-order valence-corrected chi connectivity index (χ3v) is 4.53. The normalized spacial score (nSPS) is 23.7. The Balaban J connectivity index is 1.55. The highest BCUT2D eigenvalue weighted by atomic mass is 19.1. The first-order chi connectivity index (χ1) is 11.1. The van der Waals surface area contributed by atoms with Crippen LogP contribution in [0.5, 0.6) is 0 Å². The van der Waals surface area contributed by atoms with Gasteiger partial charge in [0.15, 0.2) is 5.79 Å². The number of carbonyl (C=O) groups excluding carboxylic acids is 1. The van der Waals surface area contributed by atoms with Gasteiger partial charge in [-0.25, -0.2) is 9.37 Å². The topological polar surface area (TPSA) is 67.5 Å². The van der Waals surface area contributed by atoms with Gasteiger partial charge in [-0.1, -0.05) is 0 Å². The van der Waals surface area contributed by atoms with Crippen LogP contribution in [0, 0.1) is 5.82 Å². The summed E-state index contributed by atoms with van der Waals surface area (Å²) < 4.78 is 25.4. The number of halogens is 1. The second-order valence-corrected chi connectivity index (χ2v) is 6.19. The van der Waals surface area contributed by atoms with Gasteiger partial charge in [0, 0.05) is 25.9 Å². The van der Waals surface area contributed by atoms with E-state index in [4.69, 9.17) is 9.47 Å². The number of imidazole rings is 1. The van der Waals surface area contributed by atoms with Gasteiger partial charge in [0.1, 0.15) is 11.3 Å². The van der Waals surface area contributed by atoms with Crippen LogP contribution < -0.4 is 0 Å². The van der Waals surface area contributed by atoms with Crippen LogP contribution in [0.3, 0.4) is 0 Å². The fraction of sp³-hybridized carbons (Fsp3) is 0.500. The molecule has 1 N–H and O–H groups in total. The molecule has 1 aromatic heterocycles. The molecule has 7 heteroatoms. The summed E-state index contributed by atoms with van der Waals surface area (Å²) in [6.45, 7) is 3.61. The number of nitrogens with one attached hydrogen (secondary N) is 1. The number of likely N-dealkylation sites (tertiary alicyclic amines) is 1. The number of benzene rings is 1. The number of hydrogen-bond acceptors (Lipinski definition) is 4. The number of aromatic nitrogens is 2. The minimum Gasteiger partial charge on any atom is -0.347 e. The lowest BCUT2D eigenvalue weighted by molar-refractivity contribution is -0.189. The lowest BCUT2D eigenvalue weighted by Gasteiger charge is -2.37. The average molecular weight is 319 g/mol. The van der Waals surface area contributed by atoms with Gasteiger partial charge < -0.3 is 19.4 Å². The van der Waals surface area contributed by atoms with Crippen molar-refractivity contribution in [3.63, 3.8) is 0 Å². The Morgan fingerprint density at radius 1 is 1.43 bits per heavy atom. The molecule has 2 saturated heterocycles. The number of aromatic amines is 1. The highest BCUT2D eigenvalue weighted by molar-refractivity contribution is 6.04. The van der Waals surface area contributed by atoms with Gasteiger partial charge in [0.25, 0.3) is 5.91 Å². The van der Waals surface area contributed by atoms with E-state index in [9.17, 15) is 9.18 Å². The summed E-state index contributed by atoms with van der Waals surface area (Å²) in [4.78, 5) is 21.4. The fourth-order valence-corrected chi connectivity index (χ4v) is 3.36. The Hall–Kier alpha value is -1.99. The van der Waals surface area contributed by atoms with Crippen molar-refractivity contribution in [1.29, 1.82) is 0 Å². The lowest BCUT2D eigenvalue weighted by atomic mass is 10.0. The standard InChI is InChI=1S/C16H18FN3O3/c1-10-8-22-16(23-10)2-4-20(5-3-16)15(21)12-6-11(17)7-13-14(12)19-9-18-13/h6-7,9-10H,2-5,8H2,1H3,(H,18,19)/t10-/m0/s1. The molecule has 0 bridgehead atoms. The summed E-state index contributed by atoms with van der Waals surface area (Å²) in [6.07, 6.45) is 2.81. The molecule has 0 saturated carbocycles. The van der Waals surface area contributed by atoms with Crippen LogP contribution in [-0.2, 0) is 9.47 Å². The minimum atomic E-state index is -0.556. The summed E-state index contributed by atoms with van der Waals surface area (Å²) in [6, 6.07) is 2.59. The van der Waals surface area contributed by atoms with Crippen molar-refractivity contribution in [2.75, 3.05) is 19.7 Å². The number of amides is 1. The maximum atomic E-state index is 13.7. The van der Waals surface area contributed by atoms with Crippen molar-refractivity contribution in [1.82, 2.24) is 14.9 Å². The van der Waals surface area contributed by atoms with Crippen molar-refractivity contribution in [3.8, 4) is 0 Å². The fourth-order valence-electron chi connectivity index (χ4n) is 3.36. The van der Waals surface area contributed by atoms with Crippen LogP contribution >= 0.6 is 0 Å². The highest BCUT2D eigenvalue weighted by Crippen LogP contribution is 2.34. The Kier molecular flexibility index (Phi) is 3.35. The molecule has 122 valence electrons. The maximum Gasteiger partial charge on any atom is 0.256 e. The minimum absolute atomic E-state index is 0.0872. The second-order valence-electron chi connectivity index (χ2n) is 6.19. The van der Waals surface area contributed by atoms with E-state index in [1.54, 1.807) is 4.90 Å². The molecule has 4 rings (SSSR count). The number of hydrogen-bond donors (Lipinski definition) is 1. The van der Waals surface area contributed by atoms with Gasteiger partial charge in [0.05, 0.1) is 30.1 Å². The predicted molar refractivity (Wildman–Crippen MR) is 80.4 cm³/mol. The van der Waals surface area contributed by atoms with E-state index in [0.29, 0.717) is 49.1 Å². The van der Waals surface area contributed by atoms with Gasteiger partial charge in [-0.05, 0) is 19.1 Å². The van der Waals surface area contributed by atoms with Crippen LogP contribution in [0.25, 0.3) is 11.0 Å². The summed E-state index contributed by atoms with van der Waals surface area (Å²) >= 11 is 0. The Labute approximate surface area is 132 Å². The molecule has 2 fully saturated rings. The molecule has 23 heavy (non-hydrogen) atoms. The first kappa shape index (κ1) is 14.6. The molecule has 6 nitrogen and oxygen atoms in total. The third-order valence-electron chi connectivity index (χ3n) is 4.53. The molecule has 1 amide bonds. The molecule has 2 aromatic rings. The van der Waals surface area contributed by atoms with E-state index >= 15 is 0 Å². The van der Waals surface area contributed by atoms with Crippen molar-refractivity contribution in [3.05, 3.63) is 29.8 Å². The van der Waals surface area contributed by atoms with Gasteiger partial charge in [-0.15, -0.1) is 0 Å². The number of fused-ring (bicyclic) bond motifs is 1. The number of nitrogens with zero attached hydrogens (tertiary/aromatic N) is 2. The monoisotopic (exact) mass is 319 g/mol. The Morgan fingerprint density at radius 3 is 2.91 bits per heavy atom. The molecule has 1 atom stereocenters. The van der Waals surface area contributed by atoms with E-state index in [1.165, 1.54) is 18.5 Å². The zero-order chi connectivity index (χ0) is 16.0. The largest absolute Gasteiger partial charge is 0.347 e. The van der Waals surface area contributed by atoms with Crippen molar-refractivity contribution in [2.45, 2.75) is 31.7 Å². The average Bonchev–Trinajstić information content (AvgIpc) is 3.13. The first-order valence-electron chi connectivity index (χ1n) is 7.80. The van der Waals surface area contributed by atoms with E-state index in [0.717, 1.165) is 0 Å². The number of ether oxygens (including phenoxy) is 2. The molecule has 2 aliphatic heterocycles. The molecule has 3 heterocycles. The number of carbonyl (C=O) groups is 1. The Morgan fingerprint density at radius 2 is 2.22 bits per heavy atom. The summed E-state index contributed by atoms with van der Waals surface area (Å²) in [5.41, 5.74) is 1.32. The van der Waals surface area contributed by atoms with Crippen LogP contribution in [-0.4, -0.2) is 52.4 Å². The lowest BCUT2D eigenvalue weighted by Crippen LogP contribution is -2.47. The summed E-state index contributed by atoms with van der Waals surface area (Å²) in [5, 5.41) is 0. The second kappa shape index (κ2) is 5.28. The predicted octanol–water partition coefficient (Wildman–Crippen LogP) is 2.07. The zero-order valence-electron chi connectivity index (χ0n) is 12.8. The zero-order valence-corrected chi connectivity index (χ0v) is 12.8. The number of H-pyrrole nitrogens is 1. The van der Waals surface area contributed by atoms with E-state index in [2.05, 4.69) is 9.97 Å². The van der Waals surface area contributed by atoms with Gasteiger partial charge >= 0.3 is 0 Å². The highest BCUT2D eigenvalue weighted by Gasteiger charge is 2.43. The van der Waals surface area contributed by atoms with Gasteiger partial charge in [0.2, 0.25) is 0 Å². The quantitative estimate of drug-likeness (QED) is 0.874. The molecular weight excluding hydrogens is 301 g/mol. The van der Waals surface area contributed by atoms with E-state index < -0.39 is 11.6 Å². The molecule has 1 spiro atoms. The van der Waals surface area contributed by atoms with Crippen LogP contribution in [0.2, 0.25) is 0 Å². The SMILES string of the molecule is C[C@H]1COC2(CCN(C(=O)c3cc(F)cc4[nH]cnc34)CC2)O1. The summed E-state index contributed by atoms with van der Waals surface area (Å²) in [5.74, 6) is -1.21.